The van der Waals surface area contributed by atoms with E-state index in [-0.39, 0.29) is 10.6 Å². The van der Waals surface area contributed by atoms with Crippen LogP contribution < -0.4 is 5.32 Å². The van der Waals surface area contributed by atoms with Gasteiger partial charge in [-0.2, -0.15) is 0 Å². The quantitative estimate of drug-likeness (QED) is 0.666. The van der Waals surface area contributed by atoms with Gasteiger partial charge in [0, 0.05) is 32.2 Å². The third-order valence-electron chi connectivity index (χ3n) is 3.98. The summed E-state index contributed by atoms with van der Waals surface area (Å²) in [6, 6.07) is 5.53. The molecule has 0 aliphatic carbocycles. The van der Waals surface area contributed by atoms with Crippen molar-refractivity contribution < 1.29 is 4.92 Å². The number of nitrogens with zero attached hydrogens (tertiary/aromatic N) is 2. The van der Waals surface area contributed by atoms with E-state index in [1.54, 1.807) is 6.07 Å². The Morgan fingerprint density at radius 3 is 2.57 bits per heavy atom. The average Bonchev–Trinajstić information content (AvgIpc) is 2.39. The second-order valence-corrected chi connectivity index (χ2v) is 6.28. The van der Waals surface area contributed by atoms with E-state index in [0.29, 0.717) is 24.1 Å². The summed E-state index contributed by atoms with van der Waals surface area (Å²) in [6.45, 7) is 10.1. The molecule has 0 spiro atoms. The fourth-order valence-corrected chi connectivity index (χ4v) is 3.35. The number of nitro groups is 1. The van der Waals surface area contributed by atoms with E-state index in [1.807, 2.05) is 19.1 Å². The zero-order valence-corrected chi connectivity index (χ0v) is 13.1. The molecule has 1 aromatic carbocycles. The van der Waals surface area contributed by atoms with E-state index in [1.165, 1.54) is 6.42 Å². The summed E-state index contributed by atoms with van der Waals surface area (Å²) in [5, 5.41) is 14.2. The molecular formula is C16H25N3O2. The van der Waals surface area contributed by atoms with E-state index >= 15 is 0 Å². The van der Waals surface area contributed by atoms with Crippen LogP contribution in [0.15, 0.2) is 18.2 Å². The first-order chi connectivity index (χ1) is 9.99. The summed E-state index contributed by atoms with van der Waals surface area (Å²) in [5.74, 6) is 1.40. The molecule has 1 saturated heterocycles. The molecule has 1 aliphatic heterocycles. The molecule has 1 aliphatic rings. The monoisotopic (exact) mass is 291 g/mol. The maximum absolute atomic E-state index is 11.2. The Morgan fingerprint density at radius 1 is 1.33 bits per heavy atom. The van der Waals surface area contributed by atoms with Crippen molar-refractivity contribution in [3.8, 4) is 0 Å². The van der Waals surface area contributed by atoms with Gasteiger partial charge in [-0.1, -0.05) is 19.9 Å². The van der Waals surface area contributed by atoms with E-state index in [2.05, 4.69) is 24.1 Å². The molecule has 0 radical (unpaired) electrons. The van der Waals surface area contributed by atoms with Crippen LogP contribution in [0.3, 0.4) is 0 Å². The number of nitrogens with one attached hydrogen (secondary N) is 1. The second kappa shape index (κ2) is 6.89. The zero-order valence-electron chi connectivity index (χ0n) is 13.1. The van der Waals surface area contributed by atoms with Gasteiger partial charge >= 0.3 is 0 Å². The summed E-state index contributed by atoms with van der Waals surface area (Å²) < 4.78 is 0. The molecule has 21 heavy (non-hydrogen) atoms. The molecule has 2 unspecified atom stereocenters. The molecule has 0 saturated carbocycles. The molecule has 2 rings (SSSR count). The molecular weight excluding hydrogens is 266 g/mol. The number of nitro benzene ring substituents is 1. The standard InChI is InChI=1S/C16H25N3O2/c1-4-17-15-6-5-14(8-16(15)19(20)21)11-18-9-12(2)7-13(3)10-18/h5-6,8,12-13,17H,4,7,9-11H2,1-3H3. The van der Waals surface area contributed by atoms with Crippen molar-refractivity contribution in [1.29, 1.82) is 0 Å². The number of piperidine rings is 1. The lowest BCUT2D eigenvalue weighted by Gasteiger charge is -2.35. The summed E-state index contributed by atoms with van der Waals surface area (Å²) in [6.07, 6.45) is 1.27. The number of hydrogen-bond acceptors (Lipinski definition) is 4. The van der Waals surface area contributed by atoms with Gasteiger partial charge in [0.25, 0.3) is 5.69 Å². The van der Waals surface area contributed by atoms with Gasteiger partial charge in [-0.25, -0.2) is 0 Å². The first kappa shape index (κ1) is 15.8. The Labute approximate surface area is 126 Å². The number of benzene rings is 1. The molecule has 116 valence electrons. The molecule has 2 atom stereocenters. The van der Waals surface area contributed by atoms with Crippen molar-refractivity contribution in [2.24, 2.45) is 11.8 Å². The van der Waals surface area contributed by atoms with Crippen LogP contribution in [-0.4, -0.2) is 29.5 Å². The van der Waals surface area contributed by atoms with Crippen molar-refractivity contribution in [3.63, 3.8) is 0 Å². The average molecular weight is 291 g/mol. The predicted molar refractivity (Wildman–Crippen MR) is 85.5 cm³/mol. The number of hydrogen-bond donors (Lipinski definition) is 1. The number of anilines is 1. The van der Waals surface area contributed by atoms with Crippen LogP contribution in [-0.2, 0) is 6.54 Å². The topological polar surface area (TPSA) is 58.4 Å². The molecule has 1 N–H and O–H groups in total. The van der Waals surface area contributed by atoms with Gasteiger partial charge in [0.15, 0.2) is 0 Å². The van der Waals surface area contributed by atoms with Crippen LogP contribution in [0.2, 0.25) is 0 Å². The fraction of sp³-hybridized carbons (Fsp3) is 0.625. The summed E-state index contributed by atoms with van der Waals surface area (Å²) in [4.78, 5) is 13.3. The first-order valence-electron chi connectivity index (χ1n) is 7.73. The fourth-order valence-electron chi connectivity index (χ4n) is 3.35. The SMILES string of the molecule is CCNc1ccc(CN2CC(C)CC(C)C2)cc1[N+](=O)[O-]. The van der Waals surface area contributed by atoms with E-state index < -0.39 is 0 Å². The number of likely N-dealkylation sites (tertiary alicyclic amines) is 1. The molecule has 5 nitrogen and oxygen atoms in total. The van der Waals surface area contributed by atoms with Crippen LogP contribution >= 0.6 is 0 Å². The van der Waals surface area contributed by atoms with Crippen LogP contribution in [0.25, 0.3) is 0 Å². The molecule has 0 aromatic heterocycles. The molecule has 5 heteroatoms. The number of rotatable bonds is 5. The highest BCUT2D eigenvalue weighted by atomic mass is 16.6. The minimum atomic E-state index is -0.303. The van der Waals surface area contributed by atoms with E-state index in [4.69, 9.17) is 0 Å². The summed E-state index contributed by atoms with van der Waals surface area (Å²) >= 11 is 0. The van der Waals surface area contributed by atoms with Crippen LogP contribution in [0.5, 0.6) is 0 Å². The molecule has 1 fully saturated rings. The van der Waals surface area contributed by atoms with Crippen LogP contribution in [0, 0.1) is 22.0 Å². The van der Waals surface area contributed by atoms with E-state index in [9.17, 15) is 10.1 Å². The minimum absolute atomic E-state index is 0.174. The van der Waals surface area contributed by atoms with Crippen LogP contribution in [0.4, 0.5) is 11.4 Å². The Balaban J connectivity index is 2.13. The van der Waals surface area contributed by atoms with Crippen molar-refractivity contribution in [3.05, 3.63) is 33.9 Å². The van der Waals surface area contributed by atoms with Gasteiger partial charge in [0.2, 0.25) is 0 Å². The van der Waals surface area contributed by atoms with Crippen molar-refractivity contribution in [2.75, 3.05) is 25.0 Å². The second-order valence-electron chi connectivity index (χ2n) is 6.28. The Hall–Kier alpha value is -1.62. The zero-order chi connectivity index (χ0) is 15.4. The molecule has 0 amide bonds. The van der Waals surface area contributed by atoms with Crippen molar-refractivity contribution in [2.45, 2.75) is 33.7 Å². The molecule has 1 heterocycles. The minimum Gasteiger partial charge on any atom is -0.380 e. The normalized spacial score (nSPS) is 23.0. The lowest BCUT2D eigenvalue weighted by atomic mass is 9.91. The smallest absolute Gasteiger partial charge is 0.292 e. The Bertz CT molecular complexity index is 494. The maximum atomic E-state index is 11.2. The lowest BCUT2D eigenvalue weighted by molar-refractivity contribution is -0.384. The predicted octanol–water partition coefficient (Wildman–Crippen LogP) is 3.50. The molecule has 1 aromatic rings. The third kappa shape index (κ3) is 4.17. The van der Waals surface area contributed by atoms with E-state index in [0.717, 1.165) is 25.2 Å². The molecule has 0 bridgehead atoms. The van der Waals surface area contributed by atoms with Gasteiger partial charge in [-0.3, -0.25) is 15.0 Å². The van der Waals surface area contributed by atoms with Gasteiger partial charge in [-0.15, -0.1) is 0 Å². The maximum Gasteiger partial charge on any atom is 0.292 e. The Kier molecular flexibility index (Phi) is 5.17. The highest BCUT2D eigenvalue weighted by molar-refractivity contribution is 5.62. The first-order valence-corrected chi connectivity index (χ1v) is 7.73. The third-order valence-corrected chi connectivity index (χ3v) is 3.98. The van der Waals surface area contributed by atoms with Crippen LogP contribution in [0.1, 0.15) is 32.8 Å². The highest BCUT2D eigenvalue weighted by Gasteiger charge is 2.22. The largest absolute Gasteiger partial charge is 0.380 e. The van der Waals surface area contributed by atoms with Gasteiger partial charge in [-0.05, 0) is 36.8 Å². The lowest BCUT2D eigenvalue weighted by Crippen LogP contribution is -2.38. The van der Waals surface area contributed by atoms with Gasteiger partial charge in [0.1, 0.15) is 5.69 Å². The van der Waals surface area contributed by atoms with Gasteiger partial charge in [0.05, 0.1) is 4.92 Å². The van der Waals surface area contributed by atoms with Gasteiger partial charge < -0.3 is 5.32 Å². The highest BCUT2D eigenvalue weighted by Crippen LogP contribution is 2.27. The summed E-state index contributed by atoms with van der Waals surface area (Å²) in [5.41, 5.74) is 1.80. The van der Waals surface area contributed by atoms with Crippen molar-refractivity contribution >= 4 is 11.4 Å². The van der Waals surface area contributed by atoms with Crippen molar-refractivity contribution in [1.82, 2.24) is 4.90 Å². The Morgan fingerprint density at radius 2 is 2.00 bits per heavy atom. The summed E-state index contributed by atoms with van der Waals surface area (Å²) in [7, 11) is 0.